The number of pyridine rings is 1. The Bertz CT molecular complexity index is 605. The minimum absolute atomic E-state index is 0.0141. The number of aromatic nitrogens is 1. The van der Waals surface area contributed by atoms with Crippen LogP contribution in [0, 0.1) is 5.82 Å². The second-order valence-corrected chi connectivity index (χ2v) is 3.80. The molecule has 19 heavy (non-hydrogen) atoms. The van der Waals surface area contributed by atoms with E-state index in [0.717, 1.165) is 42.7 Å². The second kappa shape index (κ2) is 4.79. The summed E-state index contributed by atoms with van der Waals surface area (Å²) >= 11 is 0. The standard InChI is InChI=1S/C13H7F4NO/c14-11-5-9(6-18-7-11)12(19)8-1-3-10(4-2-8)13(15,16)17/h1-7H. The van der Waals surface area contributed by atoms with E-state index in [1.54, 1.807) is 0 Å². The summed E-state index contributed by atoms with van der Waals surface area (Å²) in [5.74, 6) is -1.27. The van der Waals surface area contributed by atoms with Crippen molar-refractivity contribution < 1.29 is 22.4 Å². The number of nitrogens with zero attached hydrogens (tertiary/aromatic N) is 1. The number of hydrogen-bond acceptors (Lipinski definition) is 2. The lowest BCUT2D eigenvalue weighted by Crippen LogP contribution is -2.07. The molecule has 1 heterocycles. The van der Waals surface area contributed by atoms with Crippen LogP contribution in [-0.2, 0) is 6.18 Å². The van der Waals surface area contributed by atoms with E-state index in [-0.39, 0.29) is 11.1 Å². The summed E-state index contributed by atoms with van der Waals surface area (Å²) < 4.78 is 50.0. The van der Waals surface area contributed by atoms with Crippen molar-refractivity contribution in [2.75, 3.05) is 0 Å². The van der Waals surface area contributed by atoms with Gasteiger partial charge >= 0.3 is 6.18 Å². The Kier molecular flexibility index (Phi) is 3.33. The summed E-state index contributed by atoms with van der Waals surface area (Å²) in [4.78, 5) is 15.4. The van der Waals surface area contributed by atoms with Crippen molar-refractivity contribution in [2.45, 2.75) is 6.18 Å². The molecule has 0 bridgehead atoms. The van der Waals surface area contributed by atoms with Gasteiger partial charge in [0.05, 0.1) is 11.8 Å². The Labute approximate surface area is 105 Å². The van der Waals surface area contributed by atoms with Crippen LogP contribution >= 0.6 is 0 Å². The van der Waals surface area contributed by atoms with Gasteiger partial charge in [0.25, 0.3) is 0 Å². The first-order chi connectivity index (χ1) is 8.88. The highest BCUT2D eigenvalue weighted by molar-refractivity contribution is 6.08. The zero-order valence-corrected chi connectivity index (χ0v) is 9.41. The van der Waals surface area contributed by atoms with Crippen LogP contribution in [0.5, 0.6) is 0 Å². The van der Waals surface area contributed by atoms with Gasteiger partial charge in [-0.1, -0.05) is 12.1 Å². The van der Waals surface area contributed by atoms with E-state index in [2.05, 4.69) is 4.98 Å². The molecule has 0 aliphatic heterocycles. The highest BCUT2D eigenvalue weighted by atomic mass is 19.4. The number of halogens is 4. The Morgan fingerprint density at radius 3 is 2.16 bits per heavy atom. The normalized spacial score (nSPS) is 11.4. The van der Waals surface area contributed by atoms with Gasteiger partial charge < -0.3 is 0 Å². The molecule has 1 aromatic heterocycles. The average molecular weight is 269 g/mol. The van der Waals surface area contributed by atoms with E-state index in [4.69, 9.17) is 0 Å². The Balaban J connectivity index is 2.30. The number of carbonyl (C=O) groups is 1. The quantitative estimate of drug-likeness (QED) is 0.617. The summed E-state index contributed by atoms with van der Waals surface area (Å²) in [5.41, 5.74) is -0.818. The van der Waals surface area contributed by atoms with E-state index >= 15 is 0 Å². The monoisotopic (exact) mass is 269 g/mol. The molecule has 0 N–H and O–H groups in total. The van der Waals surface area contributed by atoms with E-state index in [9.17, 15) is 22.4 Å². The van der Waals surface area contributed by atoms with Crippen LogP contribution < -0.4 is 0 Å². The SMILES string of the molecule is O=C(c1ccc(C(F)(F)F)cc1)c1cncc(F)c1. The molecule has 0 radical (unpaired) electrons. The first-order valence-electron chi connectivity index (χ1n) is 5.20. The molecular weight excluding hydrogens is 262 g/mol. The third-order valence-corrected chi connectivity index (χ3v) is 2.44. The minimum atomic E-state index is -4.46. The van der Waals surface area contributed by atoms with Gasteiger partial charge in [0.15, 0.2) is 5.78 Å². The number of benzene rings is 1. The zero-order chi connectivity index (χ0) is 14.0. The third kappa shape index (κ3) is 2.96. The van der Waals surface area contributed by atoms with Crippen LogP contribution in [0.2, 0.25) is 0 Å². The Hall–Kier alpha value is -2.24. The smallest absolute Gasteiger partial charge is 0.289 e. The average Bonchev–Trinajstić information content (AvgIpc) is 2.37. The van der Waals surface area contributed by atoms with E-state index in [1.165, 1.54) is 0 Å². The summed E-state index contributed by atoms with van der Waals surface area (Å²) in [6.45, 7) is 0. The lowest BCUT2D eigenvalue weighted by atomic mass is 10.0. The fraction of sp³-hybridized carbons (Fsp3) is 0.0769. The van der Waals surface area contributed by atoms with E-state index < -0.39 is 23.3 Å². The topological polar surface area (TPSA) is 30.0 Å². The molecule has 2 nitrogen and oxygen atoms in total. The van der Waals surface area contributed by atoms with Gasteiger partial charge in [-0.3, -0.25) is 9.78 Å². The first-order valence-corrected chi connectivity index (χ1v) is 5.20. The second-order valence-electron chi connectivity index (χ2n) is 3.80. The fourth-order valence-electron chi connectivity index (χ4n) is 1.51. The highest BCUT2D eigenvalue weighted by Crippen LogP contribution is 2.29. The van der Waals surface area contributed by atoms with Gasteiger partial charge in [-0.2, -0.15) is 13.2 Å². The molecule has 0 saturated carbocycles. The summed E-state index contributed by atoms with van der Waals surface area (Å²) in [5, 5.41) is 0. The van der Waals surface area contributed by atoms with Gasteiger partial charge in [0.2, 0.25) is 0 Å². The molecule has 2 rings (SSSR count). The molecule has 0 spiro atoms. The van der Waals surface area contributed by atoms with Gasteiger partial charge in [0, 0.05) is 17.3 Å². The molecule has 0 aliphatic rings. The molecule has 0 amide bonds. The van der Waals surface area contributed by atoms with Crippen molar-refractivity contribution in [3.8, 4) is 0 Å². The van der Waals surface area contributed by atoms with Crippen molar-refractivity contribution in [1.29, 1.82) is 0 Å². The summed E-state index contributed by atoms with van der Waals surface area (Å²) in [6, 6.07) is 4.69. The van der Waals surface area contributed by atoms with Crippen LogP contribution in [0.25, 0.3) is 0 Å². The van der Waals surface area contributed by atoms with Crippen LogP contribution in [-0.4, -0.2) is 10.8 Å². The van der Waals surface area contributed by atoms with Crippen molar-refractivity contribution in [1.82, 2.24) is 4.98 Å². The van der Waals surface area contributed by atoms with Crippen LogP contribution in [0.3, 0.4) is 0 Å². The fourth-order valence-corrected chi connectivity index (χ4v) is 1.51. The number of rotatable bonds is 2. The molecule has 6 heteroatoms. The number of alkyl halides is 3. The van der Waals surface area contributed by atoms with Crippen LogP contribution in [0.4, 0.5) is 17.6 Å². The lowest BCUT2D eigenvalue weighted by molar-refractivity contribution is -0.137. The number of carbonyl (C=O) groups excluding carboxylic acids is 1. The predicted octanol–water partition coefficient (Wildman–Crippen LogP) is 3.47. The van der Waals surface area contributed by atoms with Crippen LogP contribution in [0.1, 0.15) is 21.5 Å². The zero-order valence-electron chi connectivity index (χ0n) is 9.41. The molecule has 0 unspecified atom stereocenters. The Morgan fingerprint density at radius 2 is 1.63 bits per heavy atom. The lowest BCUT2D eigenvalue weighted by Gasteiger charge is -2.07. The van der Waals surface area contributed by atoms with Crippen molar-refractivity contribution in [2.24, 2.45) is 0 Å². The predicted molar refractivity (Wildman–Crippen MR) is 59.1 cm³/mol. The number of hydrogen-bond donors (Lipinski definition) is 0. The van der Waals surface area contributed by atoms with Gasteiger partial charge in [-0.05, 0) is 18.2 Å². The minimum Gasteiger partial charge on any atom is -0.289 e. The van der Waals surface area contributed by atoms with Gasteiger partial charge in [-0.15, -0.1) is 0 Å². The van der Waals surface area contributed by atoms with Gasteiger partial charge in [-0.25, -0.2) is 4.39 Å². The molecule has 0 atom stereocenters. The molecule has 0 saturated heterocycles. The molecule has 0 aliphatic carbocycles. The Morgan fingerprint density at radius 1 is 1.00 bits per heavy atom. The summed E-state index contributed by atoms with van der Waals surface area (Å²) in [7, 11) is 0. The highest BCUT2D eigenvalue weighted by Gasteiger charge is 2.30. The molecular formula is C13H7F4NO. The molecule has 1 aromatic carbocycles. The van der Waals surface area contributed by atoms with Crippen LogP contribution in [0.15, 0.2) is 42.7 Å². The molecule has 98 valence electrons. The maximum atomic E-state index is 12.9. The maximum absolute atomic E-state index is 12.9. The van der Waals surface area contributed by atoms with Crippen molar-refractivity contribution in [3.63, 3.8) is 0 Å². The van der Waals surface area contributed by atoms with Crippen molar-refractivity contribution in [3.05, 3.63) is 65.2 Å². The van der Waals surface area contributed by atoms with E-state index in [1.807, 2.05) is 0 Å². The van der Waals surface area contributed by atoms with E-state index in [0.29, 0.717) is 0 Å². The maximum Gasteiger partial charge on any atom is 0.416 e. The van der Waals surface area contributed by atoms with Gasteiger partial charge in [0.1, 0.15) is 5.82 Å². The number of ketones is 1. The largest absolute Gasteiger partial charge is 0.416 e. The summed E-state index contributed by atoms with van der Waals surface area (Å²) in [6.07, 6.45) is -2.37. The van der Waals surface area contributed by atoms with Crippen molar-refractivity contribution >= 4 is 5.78 Å². The molecule has 2 aromatic rings. The third-order valence-electron chi connectivity index (χ3n) is 2.44. The first kappa shape index (κ1) is 13.2. The molecule has 0 fully saturated rings.